The zero-order valence-electron chi connectivity index (χ0n) is 12.3. The van der Waals surface area contributed by atoms with Crippen LogP contribution in [0.25, 0.3) is 21.5 Å². The number of carbonyl (C=O) groups excluding carboxylic acids is 1. The van der Waals surface area contributed by atoms with Gasteiger partial charge in [-0.1, -0.05) is 35.4 Å². The van der Waals surface area contributed by atoms with Crippen LogP contribution in [0.15, 0.2) is 52.0 Å². The molecule has 0 unspecified atom stereocenters. The van der Waals surface area contributed by atoms with Gasteiger partial charge in [-0.25, -0.2) is 9.78 Å². The predicted molar refractivity (Wildman–Crippen MR) is 83.4 cm³/mol. The van der Waals surface area contributed by atoms with E-state index >= 15 is 0 Å². The second kappa shape index (κ2) is 6.21. The highest BCUT2D eigenvalue weighted by atomic mass is 16.5. The van der Waals surface area contributed by atoms with Gasteiger partial charge in [0.1, 0.15) is 5.52 Å². The van der Waals surface area contributed by atoms with E-state index in [2.05, 4.69) is 19.7 Å². The predicted octanol–water partition coefficient (Wildman–Crippen LogP) is 4.15. The SMILES string of the molecule is COC(=O)c1cc(N=[N+]=[N-])c2oc(Cc3ccccc3)nc2c1. The second-order valence-electron chi connectivity index (χ2n) is 4.79. The van der Waals surface area contributed by atoms with Gasteiger partial charge in [-0.05, 0) is 23.2 Å². The first-order chi connectivity index (χ1) is 11.2. The Morgan fingerprint density at radius 3 is 2.83 bits per heavy atom. The Labute approximate surface area is 131 Å². The number of rotatable bonds is 4. The molecule has 0 radical (unpaired) electrons. The zero-order valence-corrected chi connectivity index (χ0v) is 12.3. The number of fused-ring (bicyclic) bond motifs is 1. The number of carbonyl (C=O) groups is 1. The molecule has 0 saturated heterocycles. The number of methoxy groups -OCH3 is 1. The molecular weight excluding hydrogens is 296 g/mol. The van der Waals surface area contributed by atoms with Crippen molar-refractivity contribution in [1.82, 2.24) is 4.98 Å². The number of oxazole rings is 1. The van der Waals surface area contributed by atoms with E-state index < -0.39 is 5.97 Å². The smallest absolute Gasteiger partial charge is 0.337 e. The van der Waals surface area contributed by atoms with Crippen LogP contribution < -0.4 is 0 Å². The van der Waals surface area contributed by atoms with Crippen LogP contribution in [-0.2, 0) is 11.2 Å². The summed E-state index contributed by atoms with van der Waals surface area (Å²) in [7, 11) is 1.28. The first-order valence-corrected chi connectivity index (χ1v) is 6.82. The first kappa shape index (κ1) is 14.6. The fraction of sp³-hybridized carbons (Fsp3) is 0.125. The molecular formula is C16H12N4O3. The van der Waals surface area contributed by atoms with Gasteiger partial charge in [0, 0.05) is 11.3 Å². The molecule has 0 aliphatic carbocycles. The second-order valence-corrected chi connectivity index (χ2v) is 4.79. The Hall–Kier alpha value is -3.31. The van der Waals surface area contributed by atoms with Gasteiger partial charge in [0.25, 0.3) is 0 Å². The van der Waals surface area contributed by atoms with Crippen LogP contribution in [0.1, 0.15) is 21.8 Å². The van der Waals surface area contributed by atoms with E-state index in [1.54, 1.807) is 6.07 Å². The Kier molecular flexibility index (Phi) is 3.95. The number of benzene rings is 2. The molecule has 3 aromatic rings. The Bertz CT molecular complexity index is 912. The van der Waals surface area contributed by atoms with Gasteiger partial charge >= 0.3 is 5.97 Å². The molecule has 1 heterocycles. The number of aromatic nitrogens is 1. The maximum Gasteiger partial charge on any atom is 0.337 e. The van der Waals surface area contributed by atoms with Crippen LogP contribution in [0.4, 0.5) is 5.69 Å². The molecule has 0 fully saturated rings. The van der Waals surface area contributed by atoms with Crippen molar-refractivity contribution in [3.05, 3.63) is 69.9 Å². The molecule has 0 aliphatic rings. The molecule has 3 rings (SSSR count). The molecule has 0 bridgehead atoms. The third-order valence-electron chi connectivity index (χ3n) is 3.29. The number of hydrogen-bond acceptors (Lipinski definition) is 5. The van der Waals surface area contributed by atoms with Crippen molar-refractivity contribution in [3.63, 3.8) is 0 Å². The summed E-state index contributed by atoms with van der Waals surface area (Å²) in [5.74, 6) is -0.0588. The highest BCUT2D eigenvalue weighted by Crippen LogP contribution is 2.30. The molecule has 0 aliphatic heterocycles. The van der Waals surface area contributed by atoms with Crippen molar-refractivity contribution in [3.8, 4) is 0 Å². The highest BCUT2D eigenvalue weighted by Gasteiger charge is 2.15. The molecule has 0 amide bonds. The summed E-state index contributed by atoms with van der Waals surface area (Å²) in [5.41, 5.74) is 11.0. The lowest BCUT2D eigenvalue weighted by Crippen LogP contribution is -2.00. The van der Waals surface area contributed by atoms with Gasteiger partial charge in [0.15, 0.2) is 11.5 Å². The van der Waals surface area contributed by atoms with Crippen molar-refractivity contribution in [2.45, 2.75) is 6.42 Å². The van der Waals surface area contributed by atoms with E-state index in [1.165, 1.54) is 13.2 Å². The molecule has 7 nitrogen and oxygen atoms in total. The molecule has 1 aromatic heterocycles. The molecule has 7 heteroatoms. The zero-order chi connectivity index (χ0) is 16.2. The third-order valence-corrected chi connectivity index (χ3v) is 3.29. The van der Waals surface area contributed by atoms with Crippen LogP contribution in [0.3, 0.4) is 0 Å². The summed E-state index contributed by atoms with van der Waals surface area (Å²) < 4.78 is 10.4. The Balaban J connectivity index is 2.08. The number of azide groups is 1. The minimum absolute atomic E-state index is 0.206. The summed E-state index contributed by atoms with van der Waals surface area (Å²) in [4.78, 5) is 18.8. The minimum atomic E-state index is -0.533. The molecule has 114 valence electrons. The van der Waals surface area contributed by atoms with Crippen LogP contribution in [-0.4, -0.2) is 18.1 Å². The van der Waals surface area contributed by atoms with E-state index in [4.69, 9.17) is 9.95 Å². The molecule has 0 atom stereocenters. The molecule has 0 spiro atoms. The van der Waals surface area contributed by atoms with Crippen molar-refractivity contribution >= 4 is 22.8 Å². The average Bonchev–Trinajstić information content (AvgIpc) is 2.98. The summed E-state index contributed by atoms with van der Waals surface area (Å²) in [5, 5.41) is 3.57. The van der Waals surface area contributed by atoms with Crippen LogP contribution >= 0.6 is 0 Å². The normalized spacial score (nSPS) is 10.3. The van der Waals surface area contributed by atoms with E-state index in [0.717, 1.165) is 5.56 Å². The van der Waals surface area contributed by atoms with E-state index in [-0.39, 0.29) is 11.3 Å². The lowest BCUT2D eigenvalue weighted by atomic mass is 10.1. The summed E-state index contributed by atoms with van der Waals surface area (Å²) >= 11 is 0. The maximum atomic E-state index is 11.7. The van der Waals surface area contributed by atoms with Crippen molar-refractivity contribution in [2.24, 2.45) is 5.11 Å². The van der Waals surface area contributed by atoms with Gasteiger partial charge in [0.05, 0.1) is 18.4 Å². The van der Waals surface area contributed by atoms with E-state index in [1.807, 2.05) is 30.3 Å². The van der Waals surface area contributed by atoms with Gasteiger partial charge in [-0.2, -0.15) is 0 Å². The van der Waals surface area contributed by atoms with Gasteiger partial charge in [-0.15, -0.1) is 0 Å². The lowest BCUT2D eigenvalue weighted by Gasteiger charge is -2.00. The lowest BCUT2D eigenvalue weighted by molar-refractivity contribution is 0.0601. The number of ether oxygens (including phenoxy) is 1. The van der Waals surface area contributed by atoms with Gasteiger partial charge < -0.3 is 9.15 Å². The van der Waals surface area contributed by atoms with Gasteiger partial charge in [0.2, 0.25) is 0 Å². The standard InChI is InChI=1S/C16H12N4O3/c1-22-16(21)11-8-12-15(13(9-11)19-20-17)23-14(18-12)7-10-5-3-2-4-6-10/h2-6,8-9H,7H2,1H3. The summed E-state index contributed by atoms with van der Waals surface area (Å²) in [6, 6.07) is 12.7. The maximum absolute atomic E-state index is 11.7. The number of esters is 1. The van der Waals surface area contributed by atoms with Crippen LogP contribution in [0, 0.1) is 0 Å². The van der Waals surface area contributed by atoms with Crippen molar-refractivity contribution < 1.29 is 13.9 Å². The number of hydrogen-bond donors (Lipinski definition) is 0. The molecule has 23 heavy (non-hydrogen) atoms. The largest absolute Gasteiger partial charge is 0.465 e. The van der Waals surface area contributed by atoms with Crippen molar-refractivity contribution in [2.75, 3.05) is 7.11 Å². The topological polar surface area (TPSA) is 101 Å². The first-order valence-electron chi connectivity index (χ1n) is 6.82. The van der Waals surface area contributed by atoms with E-state index in [0.29, 0.717) is 23.4 Å². The van der Waals surface area contributed by atoms with Crippen LogP contribution in [0.5, 0.6) is 0 Å². The summed E-state index contributed by atoms with van der Waals surface area (Å²) in [6.45, 7) is 0. The molecule has 0 saturated carbocycles. The van der Waals surface area contributed by atoms with E-state index in [9.17, 15) is 4.79 Å². The monoisotopic (exact) mass is 308 g/mol. The van der Waals surface area contributed by atoms with Crippen molar-refractivity contribution in [1.29, 1.82) is 0 Å². The Morgan fingerprint density at radius 2 is 2.13 bits per heavy atom. The third kappa shape index (κ3) is 3.00. The molecule has 0 N–H and O–H groups in total. The minimum Gasteiger partial charge on any atom is -0.465 e. The average molecular weight is 308 g/mol. The fourth-order valence-corrected chi connectivity index (χ4v) is 2.27. The fourth-order valence-electron chi connectivity index (χ4n) is 2.27. The van der Waals surface area contributed by atoms with Crippen LogP contribution in [0.2, 0.25) is 0 Å². The van der Waals surface area contributed by atoms with Gasteiger partial charge in [-0.3, -0.25) is 0 Å². The number of nitrogens with zero attached hydrogens (tertiary/aromatic N) is 4. The highest BCUT2D eigenvalue weighted by molar-refractivity contribution is 5.97. The summed E-state index contributed by atoms with van der Waals surface area (Å²) in [6.07, 6.45) is 0.499. The molecule has 2 aromatic carbocycles. The quantitative estimate of drug-likeness (QED) is 0.312. The Morgan fingerprint density at radius 1 is 1.35 bits per heavy atom.